The summed E-state index contributed by atoms with van der Waals surface area (Å²) in [6, 6.07) is 4.33. The number of carbonyl (C=O) groups is 1. The molecule has 1 amide bonds. The molecule has 0 unspecified atom stereocenters. The van der Waals surface area contributed by atoms with Gasteiger partial charge < -0.3 is 10.2 Å². The van der Waals surface area contributed by atoms with Crippen molar-refractivity contribution in [3.63, 3.8) is 0 Å². The highest BCUT2D eigenvalue weighted by molar-refractivity contribution is 5.79. The molecule has 1 saturated heterocycles. The molecule has 3 heterocycles. The van der Waals surface area contributed by atoms with E-state index in [9.17, 15) is 4.79 Å². The first-order chi connectivity index (χ1) is 13.6. The second-order valence-electron chi connectivity index (χ2n) is 8.66. The van der Waals surface area contributed by atoms with Crippen molar-refractivity contribution >= 4 is 17.4 Å². The Morgan fingerprint density at radius 1 is 1.07 bits per heavy atom. The van der Waals surface area contributed by atoms with Gasteiger partial charge in [-0.3, -0.25) is 4.79 Å². The number of hydrogen-bond donors (Lipinski definition) is 1. The van der Waals surface area contributed by atoms with Gasteiger partial charge in [-0.15, -0.1) is 15.3 Å². The Kier molecular flexibility index (Phi) is 5.78. The van der Waals surface area contributed by atoms with Gasteiger partial charge in [0.2, 0.25) is 5.91 Å². The number of rotatable bonds is 4. The fraction of sp³-hybridized carbons (Fsp3) is 0.714. The topological polar surface area (TPSA) is 75.4 Å². The Balaban J connectivity index is 1.45. The summed E-state index contributed by atoms with van der Waals surface area (Å²) in [5.41, 5.74) is 0.770. The standard InChI is InChI=1S/C21H32N6O/c1-15(2)20-24-23-18-11-12-19(25-27(18)20)26-13-7-8-16(14-26)21(28)22-17-9-5-3-4-6-10-17/h11-12,15-17H,3-10,13-14H2,1-2H3,(H,22,28)/t16-/m0/s1. The second-order valence-corrected chi connectivity index (χ2v) is 8.66. The zero-order valence-electron chi connectivity index (χ0n) is 17.1. The molecule has 152 valence electrons. The third-order valence-electron chi connectivity index (χ3n) is 6.11. The van der Waals surface area contributed by atoms with E-state index in [0.717, 1.165) is 56.1 Å². The summed E-state index contributed by atoms with van der Waals surface area (Å²) in [7, 11) is 0. The maximum atomic E-state index is 12.9. The maximum absolute atomic E-state index is 12.9. The molecule has 28 heavy (non-hydrogen) atoms. The van der Waals surface area contributed by atoms with Crippen LogP contribution >= 0.6 is 0 Å². The van der Waals surface area contributed by atoms with Gasteiger partial charge in [0.25, 0.3) is 0 Å². The van der Waals surface area contributed by atoms with Crippen LogP contribution in [0, 0.1) is 5.92 Å². The number of amides is 1. The average Bonchev–Trinajstić information content (AvgIpc) is 2.97. The van der Waals surface area contributed by atoms with Crippen LogP contribution < -0.4 is 10.2 Å². The van der Waals surface area contributed by atoms with Crippen LogP contribution in [0.25, 0.3) is 5.65 Å². The van der Waals surface area contributed by atoms with Crippen molar-refractivity contribution in [3.8, 4) is 0 Å². The first-order valence-corrected chi connectivity index (χ1v) is 10.9. The summed E-state index contributed by atoms with van der Waals surface area (Å²) in [5.74, 6) is 2.31. The molecule has 1 saturated carbocycles. The second kappa shape index (κ2) is 8.45. The molecule has 0 bridgehead atoms. The first kappa shape index (κ1) is 19.2. The molecule has 1 aliphatic carbocycles. The highest BCUT2D eigenvalue weighted by Gasteiger charge is 2.28. The van der Waals surface area contributed by atoms with E-state index >= 15 is 0 Å². The Hall–Kier alpha value is -2.18. The van der Waals surface area contributed by atoms with Crippen LogP contribution in [0.5, 0.6) is 0 Å². The Morgan fingerprint density at radius 2 is 1.86 bits per heavy atom. The van der Waals surface area contributed by atoms with Crippen LogP contribution in [0.1, 0.15) is 77.0 Å². The number of nitrogens with one attached hydrogen (secondary N) is 1. The molecule has 1 atom stereocenters. The highest BCUT2D eigenvalue weighted by Crippen LogP contribution is 2.24. The number of nitrogens with zero attached hydrogens (tertiary/aromatic N) is 5. The van der Waals surface area contributed by atoms with Gasteiger partial charge in [0, 0.05) is 25.0 Å². The number of hydrogen-bond acceptors (Lipinski definition) is 5. The van der Waals surface area contributed by atoms with Gasteiger partial charge >= 0.3 is 0 Å². The minimum atomic E-state index is 0.0416. The zero-order valence-corrected chi connectivity index (χ0v) is 17.1. The molecular formula is C21H32N6O. The predicted molar refractivity (Wildman–Crippen MR) is 109 cm³/mol. The SMILES string of the molecule is CC(C)c1nnc2ccc(N3CCC[C@H](C(=O)NC4CCCCCC4)C3)nn12. The van der Waals surface area contributed by atoms with E-state index < -0.39 is 0 Å². The van der Waals surface area contributed by atoms with Crippen molar-refractivity contribution in [3.05, 3.63) is 18.0 Å². The minimum absolute atomic E-state index is 0.0416. The molecule has 7 nitrogen and oxygen atoms in total. The highest BCUT2D eigenvalue weighted by atomic mass is 16.2. The molecule has 7 heteroatoms. The minimum Gasteiger partial charge on any atom is -0.354 e. The van der Waals surface area contributed by atoms with Gasteiger partial charge in [0.05, 0.1) is 5.92 Å². The quantitative estimate of drug-likeness (QED) is 0.819. The van der Waals surface area contributed by atoms with Crippen LogP contribution in [0.15, 0.2) is 12.1 Å². The molecule has 2 aromatic heterocycles. The van der Waals surface area contributed by atoms with E-state index in [1.54, 1.807) is 0 Å². The molecule has 4 rings (SSSR count). The molecule has 2 fully saturated rings. The van der Waals surface area contributed by atoms with Crippen molar-refractivity contribution in [2.24, 2.45) is 5.92 Å². The number of piperidine rings is 1. The maximum Gasteiger partial charge on any atom is 0.225 e. The van der Waals surface area contributed by atoms with Gasteiger partial charge in [0.15, 0.2) is 11.5 Å². The van der Waals surface area contributed by atoms with E-state index in [2.05, 4.69) is 34.3 Å². The molecule has 0 aromatic carbocycles. The predicted octanol–water partition coefficient (Wildman–Crippen LogP) is 3.30. The van der Waals surface area contributed by atoms with Crippen LogP contribution in [0.2, 0.25) is 0 Å². The summed E-state index contributed by atoms with van der Waals surface area (Å²) < 4.78 is 1.84. The van der Waals surface area contributed by atoms with Gasteiger partial charge in [-0.05, 0) is 37.8 Å². The number of fused-ring (bicyclic) bond motifs is 1. The van der Waals surface area contributed by atoms with E-state index in [4.69, 9.17) is 5.10 Å². The summed E-state index contributed by atoms with van der Waals surface area (Å²) in [5, 5.41) is 16.6. The molecular weight excluding hydrogens is 352 g/mol. The molecule has 0 spiro atoms. The van der Waals surface area contributed by atoms with E-state index in [0.29, 0.717) is 6.04 Å². The fourth-order valence-corrected chi connectivity index (χ4v) is 4.47. The van der Waals surface area contributed by atoms with Crippen molar-refractivity contribution in [2.75, 3.05) is 18.0 Å². The monoisotopic (exact) mass is 384 g/mol. The largest absolute Gasteiger partial charge is 0.354 e. The summed E-state index contributed by atoms with van der Waals surface area (Å²) in [4.78, 5) is 15.1. The van der Waals surface area contributed by atoms with Crippen LogP contribution in [-0.4, -0.2) is 44.8 Å². The normalized spacial score (nSPS) is 21.8. The Labute approximate surface area is 166 Å². The molecule has 1 aliphatic heterocycles. The summed E-state index contributed by atoms with van der Waals surface area (Å²) in [6.07, 6.45) is 9.32. The van der Waals surface area contributed by atoms with Gasteiger partial charge in [-0.25, -0.2) is 0 Å². The number of aromatic nitrogens is 4. The molecule has 1 N–H and O–H groups in total. The number of anilines is 1. The van der Waals surface area contributed by atoms with Crippen molar-refractivity contribution in [2.45, 2.75) is 77.2 Å². The third kappa shape index (κ3) is 4.13. The van der Waals surface area contributed by atoms with Crippen molar-refractivity contribution in [1.82, 2.24) is 25.1 Å². The molecule has 2 aromatic rings. The lowest BCUT2D eigenvalue weighted by Crippen LogP contribution is -2.46. The lowest BCUT2D eigenvalue weighted by Gasteiger charge is -2.33. The van der Waals surface area contributed by atoms with Gasteiger partial charge in [-0.1, -0.05) is 39.5 Å². The van der Waals surface area contributed by atoms with Crippen LogP contribution in [0.3, 0.4) is 0 Å². The third-order valence-corrected chi connectivity index (χ3v) is 6.11. The fourth-order valence-electron chi connectivity index (χ4n) is 4.47. The van der Waals surface area contributed by atoms with E-state index in [-0.39, 0.29) is 17.7 Å². The van der Waals surface area contributed by atoms with Gasteiger partial charge in [0.1, 0.15) is 5.82 Å². The zero-order chi connectivity index (χ0) is 19.5. The molecule has 0 radical (unpaired) electrons. The van der Waals surface area contributed by atoms with Gasteiger partial charge in [-0.2, -0.15) is 4.52 Å². The Bertz CT molecular complexity index is 808. The van der Waals surface area contributed by atoms with Crippen LogP contribution in [-0.2, 0) is 4.79 Å². The summed E-state index contributed by atoms with van der Waals surface area (Å²) >= 11 is 0. The summed E-state index contributed by atoms with van der Waals surface area (Å²) in [6.45, 7) is 5.86. The molecule has 2 aliphatic rings. The van der Waals surface area contributed by atoms with Crippen LogP contribution in [0.4, 0.5) is 5.82 Å². The van der Waals surface area contributed by atoms with E-state index in [1.165, 1.54) is 25.7 Å². The lowest BCUT2D eigenvalue weighted by atomic mass is 9.96. The Morgan fingerprint density at radius 3 is 2.61 bits per heavy atom. The van der Waals surface area contributed by atoms with E-state index in [1.807, 2.05) is 16.6 Å². The first-order valence-electron chi connectivity index (χ1n) is 10.9. The van der Waals surface area contributed by atoms with Crippen molar-refractivity contribution < 1.29 is 4.79 Å². The lowest BCUT2D eigenvalue weighted by molar-refractivity contribution is -0.126. The average molecular weight is 385 g/mol. The smallest absolute Gasteiger partial charge is 0.225 e. The van der Waals surface area contributed by atoms with Crippen molar-refractivity contribution in [1.29, 1.82) is 0 Å². The number of carbonyl (C=O) groups excluding carboxylic acids is 1.